The maximum Gasteiger partial charge on any atom is 0.477 e. The molecule has 0 aromatic heterocycles. The van der Waals surface area contributed by atoms with Crippen molar-refractivity contribution in [3.63, 3.8) is 0 Å². The molecular weight excluding hydrogens is 302 g/mol. The van der Waals surface area contributed by atoms with Gasteiger partial charge in [-0.1, -0.05) is 68.2 Å². The SMILES string of the molecule is CCCC(CO[N+](=O)OCC(CCC)CC(C)(C)C)CC(C)(C)C. The molecule has 0 aliphatic carbocycles. The van der Waals surface area contributed by atoms with Gasteiger partial charge in [0.2, 0.25) is 0 Å². The van der Waals surface area contributed by atoms with E-state index in [0.717, 1.165) is 38.5 Å². The van der Waals surface area contributed by atoms with E-state index >= 15 is 0 Å². The maximum atomic E-state index is 11.9. The van der Waals surface area contributed by atoms with Gasteiger partial charge in [0.05, 0.1) is 0 Å². The fraction of sp³-hybridized carbons (Fsp3) is 1.00. The van der Waals surface area contributed by atoms with Gasteiger partial charge in [0, 0.05) is 11.8 Å². The molecule has 0 radical (unpaired) electrons. The first-order chi connectivity index (χ1) is 11.0. The fourth-order valence-electron chi connectivity index (χ4n) is 3.41. The molecule has 4 nitrogen and oxygen atoms in total. The molecule has 0 saturated carbocycles. The lowest BCUT2D eigenvalue weighted by molar-refractivity contribution is -0.982. The van der Waals surface area contributed by atoms with Crippen LogP contribution in [-0.2, 0) is 9.68 Å². The Bertz CT molecular complexity index is 310. The zero-order valence-electron chi connectivity index (χ0n) is 17.5. The second-order valence-electron chi connectivity index (χ2n) is 9.65. The summed E-state index contributed by atoms with van der Waals surface area (Å²) in [6, 6.07) is 0. The highest BCUT2D eigenvalue weighted by Gasteiger charge is 2.25. The summed E-state index contributed by atoms with van der Waals surface area (Å²) >= 11 is 0. The summed E-state index contributed by atoms with van der Waals surface area (Å²) in [5, 5.41) is 0.344. The van der Waals surface area contributed by atoms with E-state index < -0.39 is 0 Å². The normalized spacial score (nSPS) is 15.0. The van der Waals surface area contributed by atoms with E-state index in [2.05, 4.69) is 55.4 Å². The van der Waals surface area contributed by atoms with Crippen molar-refractivity contribution in [1.82, 2.24) is 0 Å². The summed E-state index contributed by atoms with van der Waals surface area (Å²) in [4.78, 5) is 22.5. The Morgan fingerprint density at radius 1 is 0.750 bits per heavy atom. The Hall–Kier alpha value is -0.800. The van der Waals surface area contributed by atoms with Gasteiger partial charge in [-0.05, 0) is 36.5 Å². The summed E-state index contributed by atoms with van der Waals surface area (Å²) in [5.41, 5.74) is 0.493. The van der Waals surface area contributed by atoms with E-state index in [1.165, 1.54) is 0 Å². The molecule has 144 valence electrons. The Morgan fingerprint density at radius 3 is 1.33 bits per heavy atom. The highest BCUT2D eigenvalue weighted by atomic mass is 17.0. The summed E-state index contributed by atoms with van der Waals surface area (Å²) in [6.07, 6.45) is 6.47. The third-order valence-electron chi connectivity index (χ3n) is 4.03. The predicted octanol–water partition coefficient (Wildman–Crippen LogP) is 6.33. The van der Waals surface area contributed by atoms with Crippen LogP contribution in [0.3, 0.4) is 0 Å². The molecule has 2 unspecified atom stereocenters. The first-order valence-electron chi connectivity index (χ1n) is 9.70. The Kier molecular flexibility index (Phi) is 10.6. The number of hydrogen-bond acceptors (Lipinski definition) is 3. The standard InChI is InChI=1S/C20H42NO3/c1-9-11-17(13-19(3,4)5)15-23-21(22)24-16-18(12-10-2)14-20(6,7)8/h17-18H,9-16H2,1-8H3/q+1. The van der Waals surface area contributed by atoms with Crippen molar-refractivity contribution in [2.24, 2.45) is 22.7 Å². The third kappa shape index (κ3) is 13.6. The molecule has 0 rings (SSSR count). The van der Waals surface area contributed by atoms with Crippen molar-refractivity contribution in [1.29, 1.82) is 0 Å². The molecular formula is C20H42NO3+. The van der Waals surface area contributed by atoms with Crippen molar-refractivity contribution in [2.45, 2.75) is 93.9 Å². The van der Waals surface area contributed by atoms with Crippen molar-refractivity contribution in [3.05, 3.63) is 4.91 Å². The molecule has 0 aromatic carbocycles. The molecule has 2 atom stereocenters. The highest BCUT2D eigenvalue weighted by molar-refractivity contribution is 4.69. The number of rotatable bonds is 12. The summed E-state index contributed by atoms with van der Waals surface area (Å²) in [7, 11) is 0. The molecule has 0 bridgehead atoms. The van der Waals surface area contributed by atoms with Gasteiger partial charge in [-0.3, -0.25) is 0 Å². The van der Waals surface area contributed by atoms with E-state index in [1.807, 2.05) is 0 Å². The summed E-state index contributed by atoms with van der Waals surface area (Å²) < 4.78 is 0. The first-order valence-corrected chi connectivity index (χ1v) is 9.70. The van der Waals surface area contributed by atoms with Crippen LogP contribution in [0, 0.1) is 27.6 Å². The van der Waals surface area contributed by atoms with Crippen LogP contribution in [0.25, 0.3) is 0 Å². The van der Waals surface area contributed by atoms with Crippen molar-refractivity contribution in [2.75, 3.05) is 13.2 Å². The minimum absolute atomic E-state index is 0.247. The van der Waals surface area contributed by atoms with Crippen molar-refractivity contribution < 1.29 is 14.8 Å². The van der Waals surface area contributed by atoms with Gasteiger partial charge in [-0.15, -0.1) is 0 Å². The van der Waals surface area contributed by atoms with Crippen LogP contribution in [0.2, 0.25) is 0 Å². The van der Waals surface area contributed by atoms with Gasteiger partial charge < -0.3 is 0 Å². The molecule has 0 amide bonds. The lowest BCUT2D eigenvalue weighted by Gasteiger charge is -2.24. The Labute approximate surface area is 150 Å². The van der Waals surface area contributed by atoms with Crippen LogP contribution in [-0.4, -0.2) is 18.3 Å². The van der Waals surface area contributed by atoms with Crippen molar-refractivity contribution >= 4 is 0 Å². The predicted molar refractivity (Wildman–Crippen MR) is 100 cm³/mol. The minimum Gasteiger partial charge on any atom is -0.186 e. The zero-order valence-corrected chi connectivity index (χ0v) is 17.5. The van der Waals surface area contributed by atoms with E-state index in [0.29, 0.717) is 30.1 Å². The second kappa shape index (κ2) is 10.9. The maximum absolute atomic E-state index is 11.9. The lowest BCUT2D eigenvalue weighted by Crippen LogP contribution is -2.24. The van der Waals surface area contributed by atoms with Gasteiger partial charge in [0.25, 0.3) is 0 Å². The average molecular weight is 345 g/mol. The molecule has 0 spiro atoms. The molecule has 0 fully saturated rings. The first kappa shape index (κ1) is 23.2. The monoisotopic (exact) mass is 344 g/mol. The van der Waals surface area contributed by atoms with Crippen molar-refractivity contribution in [3.8, 4) is 0 Å². The highest BCUT2D eigenvalue weighted by Crippen LogP contribution is 2.28. The average Bonchev–Trinajstić information content (AvgIpc) is 2.39. The topological polar surface area (TPSA) is 38.5 Å². The van der Waals surface area contributed by atoms with Gasteiger partial charge in [-0.2, -0.15) is 9.68 Å². The molecule has 0 saturated heterocycles. The van der Waals surface area contributed by atoms with Crippen LogP contribution in [0.15, 0.2) is 0 Å². The molecule has 24 heavy (non-hydrogen) atoms. The smallest absolute Gasteiger partial charge is 0.186 e. The molecule has 0 heterocycles. The summed E-state index contributed by atoms with van der Waals surface area (Å²) in [5.74, 6) is 0.798. The molecule has 0 N–H and O–H groups in total. The Balaban J connectivity index is 4.29. The largest absolute Gasteiger partial charge is 0.477 e. The van der Waals surface area contributed by atoms with E-state index in [-0.39, 0.29) is 10.8 Å². The minimum atomic E-state index is 0.247. The number of nitrogens with zero attached hydrogens (tertiary/aromatic N) is 1. The van der Waals surface area contributed by atoms with Crippen LogP contribution in [0.1, 0.15) is 93.9 Å². The van der Waals surface area contributed by atoms with Gasteiger partial charge >= 0.3 is 5.09 Å². The van der Waals surface area contributed by atoms with E-state index in [1.54, 1.807) is 0 Å². The Morgan fingerprint density at radius 2 is 1.08 bits per heavy atom. The van der Waals surface area contributed by atoms with E-state index in [9.17, 15) is 4.91 Å². The van der Waals surface area contributed by atoms with Crippen LogP contribution < -0.4 is 0 Å². The lowest BCUT2D eigenvalue weighted by atomic mass is 9.83. The third-order valence-corrected chi connectivity index (χ3v) is 4.03. The quantitative estimate of drug-likeness (QED) is 0.388. The molecule has 0 aromatic rings. The van der Waals surface area contributed by atoms with Crippen LogP contribution in [0.4, 0.5) is 0 Å². The number of hydrogen-bond donors (Lipinski definition) is 0. The molecule has 0 aliphatic rings. The van der Waals surface area contributed by atoms with Crippen LogP contribution in [0.5, 0.6) is 0 Å². The van der Waals surface area contributed by atoms with Gasteiger partial charge in [0.15, 0.2) is 13.2 Å². The molecule has 0 aliphatic heterocycles. The summed E-state index contributed by atoms with van der Waals surface area (Å²) in [6.45, 7) is 18.6. The second-order valence-corrected chi connectivity index (χ2v) is 9.65. The van der Waals surface area contributed by atoms with Gasteiger partial charge in [-0.25, -0.2) is 0 Å². The van der Waals surface area contributed by atoms with Gasteiger partial charge in [0.1, 0.15) is 4.91 Å². The van der Waals surface area contributed by atoms with Crippen LogP contribution >= 0.6 is 0 Å². The zero-order chi connectivity index (χ0) is 18.8. The molecule has 4 heteroatoms. The van der Waals surface area contributed by atoms with E-state index in [4.69, 9.17) is 9.68 Å². The fourth-order valence-corrected chi connectivity index (χ4v) is 3.41.